The molecule has 1 N–H and O–H groups in total. The van der Waals surface area contributed by atoms with Crippen molar-refractivity contribution in [1.82, 2.24) is 14.8 Å². The van der Waals surface area contributed by atoms with Crippen LogP contribution in [0.5, 0.6) is 5.75 Å². The van der Waals surface area contributed by atoms with Crippen molar-refractivity contribution < 1.29 is 5.11 Å². The molecule has 0 spiro atoms. The Bertz CT molecular complexity index is 980. The van der Waals surface area contributed by atoms with Crippen LogP contribution in [0.1, 0.15) is 30.5 Å². The van der Waals surface area contributed by atoms with Crippen molar-refractivity contribution in [3.8, 4) is 11.8 Å². The van der Waals surface area contributed by atoms with Crippen LogP contribution in [-0.4, -0.2) is 19.9 Å². The SMILES string of the molecule is CC(C)(C#N)c1cc(CSc2ccc(O)c(Cl)c2)cc(Cn2cncn2)c1. The van der Waals surface area contributed by atoms with Crippen LogP contribution in [0.4, 0.5) is 0 Å². The summed E-state index contributed by atoms with van der Waals surface area (Å²) in [5.41, 5.74) is 2.57. The quantitative estimate of drug-likeness (QED) is 0.605. The molecule has 0 aliphatic rings. The van der Waals surface area contributed by atoms with Crippen LogP contribution >= 0.6 is 23.4 Å². The standard InChI is InChI=1S/C20H19ClN4OS/c1-20(2,11-22)16-6-14(9-25-13-23-12-24-25)5-15(7-16)10-27-17-3-4-19(26)18(21)8-17/h3-8,12-13,26H,9-10H2,1-2H3. The molecule has 0 fully saturated rings. The minimum absolute atomic E-state index is 0.0777. The molecule has 3 aromatic rings. The molecule has 1 aromatic heterocycles. The largest absolute Gasteiger partial charge is 0.506 e. The number of aromatic nitrogens is 3. The van der Waals surface area contributed by atoms with Gasteiger partial charge in [-0.05, 0) is 48.7 Å². The molecule has 0 atom stereocenters. The average molecular weight is 399 g/mol. The molecular formula is C20H19ClN4OS. The smallest absolute Gasteiger partial charge is 0.137 e. The first kappa shape index (κ1) is 19.3. The van der Waals surface area contributed by atoms with Gasteiger partial charge >= 0.3 is 0 Å². The summed E-state index contributed by atoms with van der Waals surface area (Å²) in [6.07, 6.45) is 3.18. The third-order valence-electron chi connectivity index (χ3n) is 4.19. The van der Waals surface area contributed by atoms with Gasteiger partial charge in [0.1, 0.15) is 18.4 Å². The maximum atomic E-state index is 9.56. The highest BCUT2D eigenvalue weighted by Gasteiger charge is 2.21. The van der Waals surface area contributed by atoms with Gasteiger partial charge < -0.3 is 5.11 Å². The van der Waals surface area contributed by atoms with E-state index in [1.54, 1.807) is 34.9 Å². The average Bonchev–Trinajstić information content (AvgIpc) is 3.15. The second-order valence-corrected chi connectivity index (χ2v) is 8.23. The van der Waals surface area contributed by atoms with E-state index in [4.69, 9.17) is 11.6 Å². The first-order chi connectivity index (χ1) is 12.9. The van der Waals surface area contributed by atoms with Gasteiger partial charge in [0.25, 0.3) is 0 Å². The summed E-state index contributed by atoms with van der Waals surface area (Å²) < 4.78 is 1.76. The zero-order valence-electron chi connectivity index (χ0n) is 15.1. The maximum Gasteiger partial charge on any atom is 0.137 e. The Kier molecular flexibility index (Phi) is 5.73. The zero-order chi connectivity index (χ0) is 19.4. The molecule has 2 aromatic carbocycles. The van der Waals surface area contributed by atoms with E-state index in [-0.39, 0.29) is 5.75 Å². The summed E-state index contributed by atoms with van der Waals surface area (Å²) in [6.45, 7) is 4.43. The summed E-state index contributed by atoms with van der Waals surface area (Å²) in [5, 5.41) is 23.6. The van der Waals surface area contributed by atoms with Gasteiger partial charge in [-0.25, -0.2) is 9.67 Å². The number of halogens is 1. The van der Waals surface area contributed by atoms with Crippen LogP contribution < -0.4 is 0 Å². The van der Waals surface area contributed by atoms with Gasteiger partial charge in [0.2, 0.25) is 0 Å². The van der Waals surface area contributed by atoms with Crippen molar-refractivity contribution >= 4 is 23.4 Å². The molecule has 27 heavy (non-hydrogen) atoms. The third kappa shape index (κ3) is 4.82. The van der Waals surface area contributed by atoms with Crippen LogP contribution in [0.3, 0.4) is 0 Å². The molecule has 0 aliphatic heterocycles. The van der Waals surface area contributed by atoms with Gasteiger partial charge in [0.15, 0.2) is 0 Å². The van der Waals surface area contributed by atoms with Gasteiger partial charge in [-0.3, -0.25) is 0 Å². The van der Waals surface area contributed by atoms with Gasteiger partial charge in [0, 0.05) is 10.6 Å². The fraction of sp³-hybridized carbons (Fsp3) is 0.250. The van der Waals surface area contributed by atoms with Gasteiger partial charge in [-0.1, -0.05) is 29.8 Å². The second kappa shape index (κ2) is 8.03. The van der Waals surface area contributed by atoms with Gasteiger partial charge in [-0.15, -0.1) is 11.8 Å². The molecule has 0 bridgehead atoms. The Labute approximate surface area is 167 Å². The molecule has 0 aliphatic carbocycles. The monoisotopic (exact) mass is 398 g/mol. The highest BCUT2D eigenvalue weighted by Crippen LogP contribution is 2.32. The predicted molar refractivity (Wildman–Crippen MR) is 107 cm³/mol. The van der Waals surface area contributed by atoms with Crippen molar-refractivity contribution in [3.63, 3.8) is 0 Å². The third-order valence-corrected chi connectivity index (χ3v) is 5.56. The van der Waals surface area contributed by atoms with E-state index in [0.29, 0.717) is 11.6 Å². The van der Waals surface area contributed by atoms with Crippen LogP contribution in [0.2, 0.25) is 5.02 Å². The van der Waals surface area contributed by atoms with Gasteiger partial charge in [0.05, 0.1) is 23.1 Å². The minimum Gasteiger partial charge on any atom is -0.506 e. The number of phenolic OH excluding ortho intramolecular Hbond substituents is 1. The zero-order valence-corrected chi connectivity index (χ0v) is 16.6. The molecule has 0 unspecified atom stereocenters. The molecule has 0 saturated heterocycles. The number of hydrogen-bond donors (Lipinski definition) is 1. The molecule has 1 heterocycles. The summed E-state index contributed by atoms with van der Waals surface area (Å²) >= 11 is 7.62. The predicted octanol–water partition coefficient (Wildman–Crippen LogP) is 4.78. The van der Waals surface area contributed by atoms with Crippen LogP contribution in [0, 0.1) is 11.3 Å². The van der Waals surface area contributed by atoms with Crippen molar-refractivity contribution in [2.24, 2.45) is 0 Å². The fourth-order valence-corrected chi connectivity index (χ4v) is 3.72. The first-order valence-corrected chi connectivity index (χ1v) is 9.72. The molecule has 0 saturated carbocycles. The Balaban J connectivity index is 1.87. The van der Waals surface area contributed by atoms with E-state index in [2.05, 4.69) is 34.4 Å². The lowest BCUT2D eigenvalue weighted by molar-refractivity contribution is 0.475. The van der Waals surface area contributed by atoms with E-state index in [9.17, 15) is 10.4 Å². The Morgan fingerprint density at radius 2 is 2.00 bits per heavy atom. The number of phenols is 1. The molecule has 5 nitrogen and oxygen atoms in total. The summed E-state index contributed by atoms with van der Waals surface area (Å²) in [5.74, 6) is 0.801. The highest BCUT2D eigenvalue weighted by molar-refractivity contribution is 7.98. The Morgan fingerprint density at radius 3 is 2.67 bits per heavy atom. The summed E-state index contributed by atoms with van der Waals surface area (Å²) in [7, 11) is 0. The number of thioether (sulfide) groups is 1. The van der Waals surface area contributed by atoms with E-state index in [1.807, 2.05) is 19.9 Å². The van der Waals surface area contributed by atoms with E-state index < -0.39 is 5.41 Å². The maximum absolute atomic E-state index is 9.56. The lowest BCUT2D eigenvalue weighted by Crippen LogP contribution is -2.15. The number of nitriles is 1. The van der Waals surface area contributed by atoms with Crippen molar-refractivity contribution in [2.45, 2.75) is 36.5 Å². The number of nitrogens with zero attached hydrogens (tertiary/aromatic N) is 4. The van der Waals surface area contributed by atoms with E-state index in [1.165, 1.54) is 6.33 Å². The molecule has 7 heteroatoms. The Morgan fingerprint density at radius 1 is 1.22 bits per heavy atom. The molecule has 3 rings (SSSR count). The topological polar surface area (TPSA) is 74.7 Å². The van der Waals surface area contributed by atoms with E-state index >= 15 is 0 Å². The number of rotatable bonds is 6. The number of aromatic hydroxyl groups is 1. The van der Waals surface area contributed by atoms with Gasteiger partial charge in [-0.2, -0.15) is 10.4 Å². The lowest BCUT2D eigenvalue weighted by Gasteiger charge is -2.19. The number of hydrogen-bond acceptors (Lipinski definition) is 5. The lowest BCUT2D eigenvalue weighted by atomic mass is 9.84. The fourth-order valence-electron chi connectivity index (χ4n) is 2.61. The molecular weight excluding hydrogens is 380 g/mol. The highest BCUT2D eigenvalue weighted by atomic mass is 35.5. The Hall–Kier alpha value is -2.49. The van der Waals surface area contributed by atoms with Crippen molar-refractivity contribution in [3.05, 3.63) is 70.8 Å². The molecule has 138 valence electrons. The van der Waals surface area contributed by atoms with Crippen molar-refractivity contribution in [2.75, 3.05) is 0 Å². The van der Waals surface area contributed by atoms with Crippen molar-refractivity contribution in [1.29, 1.82) is 5.26 Å². The summed E-state index contributed by atoms with van der Waals surface area (Å²) in [6, 6.07) is 13.8. The molecule has 0 radical (unpaired) electrons. The second-order valence-electron chi connectivity index (χ2n) is 6.77. The summed E-state index contributed by atoms with van der Waals surface area (Å²) in [4.78, 5) is 4.95. The first-order valence-electron chi connectivity index (χ1n) is 8.36. The number of benzene rings is 2. The minimum atomic E-state index is -0.584. The van der Waals surface area contributed by atoms with Crippen LogP contribution in [0.15, 0.2) is 53.9 Å². The van der Waals surface area contributed by atoms with E-state index in [0.717, 1.165) is 27.3 Å². The van der Waals surface area contributed by atoms with Crippen LogP contribution in [-0.2, 0) is 17.7 Å². The molecule has 0 amide bonds. The normalized spacial score (nSPS) is 11.3. The van der Waals surface area contributed by atoms with Crippen LogP contribution in [0.25, 0.3) is 0 Å².